The highest BCUT2D eigenvalue weighted by atomic mass is 32.2. The lowest BCUT2D eigenvalue weighted by Gasteiger charge is -2.38. The van der Waals surface area contributed by atoms with Crippen LogP contribution in [0.4, 0.5) is 0 Å². The molecule has 0 unspecified atom stereocenters. The van der Waals surface area contributed by atoms with E-state index in [-0.39, 0.29) is 22.9 Å². The molecule has 23 heavy (non-hydrogen) atoms. The second-order valence-electron chi connectivity index (χ2n) is 8.70. The first-order valence-electron chi connectivity index (χ1n) is 8.96. The fraction of sp³-hybridized carbons (Fsp3) is 0.684. The zero-order chi connectivity index (χ0) is 16.0. The summed E-state index contributed by atoms with van der Waals surface area (Å²) in [6.45, 7) is 4.65. The topological polar surface area (TPSA) is 37.4 Å². The molecule has 4 atom stereocenters. The van der Waals surface area contributed by atoms with E-state index in [1.165, 1.54) is 17.5 Å². The predicted molar refractivity (Wildman–Crippen MR) is 90.5 cm³/mol. The molecule has 1 heterocycles. The van der Waals surface area contributed by atoms with Crippen LogP contribution in [0.3, 0.4) is 0 Å². The van der Waals surface area contributed by atoms with Gasteiger partial charge in [-0.15, -0.1) is 0 Å². The Morgan fingerprint density at radius 1 is 1.17 bits per heavy atom. The van der Waals surface area contributed by atoms with Gasteiger partial charge in [0.2, 0.25) is 10.0 Å². The number of fused-ring (bicyclic) bond motifs is 2. The Morgan fingerprint density at radius 2 is 1.96 bits per heavy atom. The molecule has 4 aliphatic rings. The summed E-state index contributed by atoms with van der Waals surface area (Å²) in [5, 5.41) is 0. The number of aryl methyl sites for hydroxylation is 1. The van der Waals surface area contributed by atoms with Gasteiger partial charge in [-0.25, -0.2) is 8.42 Å². The number of nitrogens with zero attached hydrogens (tertiary/aromatic N) is 1. The third kappa shape index (κ3) is 1.57. The fourth-order valence-electron chi connectivity index (χ4n) is 6.53. The summed E-state index contributed by atoms with van der Waals surface area (Å²) in [6, 6.07) is 8.75. The van der Waals surface area contributed by atoms with Crippen LogP contribution < -0.4 is 0 Å². The maximum absolute atomic E-state index is 13.2. The molecule has 4 heteroatoms. The van der Waals surface area contributed by atoms with Gasteiger partial charge >= 0.3 is 0 Å². The van der Waals surface area contributed by atoms with E-state index in [1.807, 2.05) is 4.31 Å². The monoisotopic (exact) mass is 331 g/mol. The van der Waals surface area contributed by atoms with Gasteiger partial charge in [-0.3, -0.25) is 0 Å². The van der Waals surface area contributed by atoms with Gasteiger partial charge in [-0.1, -0.05) is 38.1 Å². The average Bonchev–Trinajstić information content (AvgIpc) is 3.13. The van der Waals surface area contributed by atoms with Crippen LogP contribution in [0, 0.1) is 16.7 Å². The highest BCUT2D eigenvalue weighted by molar-refractivity contribution is 7.89. The first-order chi connectivity index (χ1) is 10.9. The van der Waals surface area contributed by atoms with E-state index in [9.17, 15) is 8.42 Å². The van der Waals surface area contributed by atoms with Crippen LogP contribution in [0.25, 0.3) is 0 Å². The molecule has 0 amide bonds. The molecule has 3 fully saturated rings. The summed E-state index contributed by atoms with van der Waals surface area (Å²) in [7, 11) is -3.15. The van der Waals surface area contributed by atoms with E-state index < -0.39 is 10.0 Å². The molecule has 124 valence electrons. The van der Waals surface area contributed by atoms with E-state index in [4.69, 9.17) is 0 Å². The van der Waals surface area contributed by atoms with Crippen molar-refractivity contribution < 1.29 is 8.42 Å². The molecule has 1 saturated heterocycles. The maximum Gasteiger partial charge on any atom is 0.215 e. The molecule has 0 N–H and O–H groups in total. The molecule has 5 rings (SSSR count). The van der Waals surface area contributed by atoms with Crippen LogP contribution >= 0.6 is 0 Å². The lowest BCUT2D eigenvalue weighted by atomic mass is 9.69. The third-order valence-electron chi connectivity index (χ3n) is 7.87. The van der Waals surface area contributed by atoms with E-state index in [1.54, 1.807) is 0 Å². The second kappa shape index (κ2) is 4.20. The van der Waals surface area contributed by atoms with Gasteiger partial charge in [0.1, 0.15) is 0 Å². The Balaban J connectivity index is 1.63. The molecule has 1 aliphatic heterocycles. The quantitative estimate of drug-likeness (QED) is 0.789. The van der Waals surface area contributed by atoms with Crippen LogP contribution in [0.15, 0.2) is 24.3 Å². The van der Waals surface area contributed by atoms with Crippen molar-refractivity contribution in [2.45, 2.75) is 58.0 Å². The molecular formula is C19H25NO2S. The van der Waals surface area contributed by atoms with Crippen molar-refractivity contribution in [1.29, 1.82) is 0 Å². The summed E-state index contributed by atoms with van der Waals surface area (Å²) < 4.78 is 28.3. The van der Waals surface area contributed by atoms with E-state index >= 15 is 0 Å². The van der Waals surface area contributed by atoms with Gasteiger partial charge in [-0.05, 0) is 54.6 Å². The zero-order valence-corrected chi connectivity index (χ0v) is 14.8. The minimum absolute atomic E-state index is 0.00592. The molecule has 0 radical (unpaired) electrons. The molecule has 2 bridgehead atoms. The van der Waals surface area contributed by atoms with Crippen molar-refractivity contribution in [3.8, 4) is 0 Å². The lowest BCUT2D eigenvalue weighted by Crippen LogP contribution is -2.42. The van der Waals surface area contributed by atoms with Gasteiger partial charge in [0.25, 0.3) is 0 Å². The summed E-state index contributed by atoms with van der Waals surface area (Å²) >= 11 is 0. The number of hydrogen-bond acceptors (Lipinski definition) is 2. The van der Waals surface area contributed by atoms with Crippen LogP contribution in [0.5, 0.6) is 0 Å². The minimum atomic E-state index is -3.15. The Morgan fingerprint density at radius 3 is 2.74 bits per heavy atom. The maximum atomic E-state index is 13.2. The highest BCUT2D eigenvalue weighted by Gasteiger charge is 2.72. The van der Waals surface area contributed by atoms with Crippen molar-refractivity contribution in [2.24, 2.45) is 16.7 Å². The molecule has 3 aliphatic carbocycles. The summed E-state index contributed by atoms with van der Waals surface area (Å²) in [5.41, 5.74) is 2.76. The first-order valence-corrected chi connectivity index (χ1v) is 10.6. The van der Waals surface area contributed by atoms with Gasteiger partial charge in [0, 0.05) is 11.5 Å². The molecule has 1 aromatic carbocycles. The molecule has 3 nitrogen and oxygen atoms in total. The molecule has 1 aromatic rings. The largest absolute Gasteiger partial charge is 0.215 e. The molecule has 2 saturated carbocycles. The van der Waals surface area contributed by atoms with Crippen molar-refractivity contribution in [3.05, 3.63) is 35.4 Å². The number of hydrogen-bond donors (Lipinski definition) is 0. The van der Waals surface area contributed by atoms with E-state index in [2.05, 4.69) is 38.1 Å². The van der Waals surface area contributed by atoms with Gasteiger partial charge in [0.15, 0.2) is 0 Å². The van der Waals surface area contributed by atoms with E-state index in [0.717, 1.165) is 25.7 Å². The van der Waals surface area contributed by atoms with Crippen LogP contribution in [-0.2, 0) is 16.4 Å². The third-order valence-corrected chi connectivity index (χ3v) is 9.90. The Hall–Kier alpha value is -0.870. The minimum Gasteiger partial charge on any atom is -0.212 e. The Labute approximate surface area is 139 Å². The van der Waals surface area contributed by atoms with Crippen molar-refractivity contribution in [3.63, 3.8) is 0 Å². The van der Waals surface area contributed by atoms with E-state index in [0.29, 0.717) is 11.7 Å². The summed E-state index contributed by atoms with van der Waals surface area (Å²) in [6.07, 6.45) is 5.36. The Bertz CT molecular complexity index is 784. The van der Waals surface area contributed by atoms with Crippen molar-refractivity contribution in [2.75, 3.05) is 5.75 Å². The fourth-order valence-corrected chi connectivity index (χ4v) is 9.32. The lowest BCUT2D eigenvalue weighted by molar-refractivity contribution is 0.0990. The van der Waals surface area contributed by atoms with Gasteiger partial charge in [0.05, 0.1) is 11.8 Å². The smallest absolute Gasteiger partial charge is 0.212 e. The van der Waals surface area contributed by atoms with Crippen molar-refractivity contribution in [1.82, 2.24) is 4.31 Å². The zero-order valence-electron chi connectivity index (χ0n) is 14.0. The number of rotatable bonds is 1. The molecular weight excluding hydrogens is 306 g/mol. The summed E-state index contributed by atoms with van der Waals surface area (Å²) in [4.78, 5) is 0. The van der Waals surface area contributed by atoms with Gasteiger partial charge < -0.3 is 0 Å². The summed E-state index contributed by atoms with van der Waals surface area (Å²) in [5.74, 6) is 1.08. The van der Waals surface area contributed by atoms with Gasteiger partial charge in [-0.2, -0.15) is 4.31 Å². The van der Waals surface area contributed by atoms with Crippen LogP contribution in [0.2, 0.25) is 0 Å². The number of benzene rings is 1. The SMILES string of the molecule is CC1(C)[C@H]2CC[C@@]13CS(=O)(=O)N([C@@H]1CCc4ccccc41)[C@H]3C2. The normalized spacial score (nSPS) is 42.8. The second-order valence-corrected chi connectivity index (χ2v) is 10.6. The average molecular weight is 331 g/mol. The number of sulfonamides is 1. The standard InChI is InChI=1S/C19H25NO2S/c1-18(2)14-9-10-19(18)12-23(21,22)20(17(19)11-14)16-8-7-13-5-3-4-6-15(13)16/h3-6,14,16-17H,7-12H2,1-2H3/t14-,16+,17-,19-/m0/s1. The molecule has 1 spiro atoms. The Kier molecular flexibility index (Phi) is 2.65. The van der Waals surface area contributed by atoms with Crippen LogP contribution in [-0.4, -0.2) is 24.5 Å². The van der Waals surface area contributed by atoms with Crippen LogP contribution in [0.1, 0.15) is 56.7 Å². The van der Waals surface area contributed by atoms with Crippen molar-refractivity contribution >= 4 is 10.0 Å². The molecule has 0 aromatic heterocycles. The first kappa shape index (κ1) is 14.5. The highest BCUT2D eigenvalue weighted by Crippen LogP contribution is 2.71. The predicted octanol–water partition coefficient (Wildman–Crippen LogP) is 3.51.